The highest BCUT2D eigenvalue weighted by Crippen LogP contribution is 2.50. The molecule has 4 heteroatoms. The Balaban J connectivity index is 1.05. The van der Waals surface area contributed by atoms with E-state index in [4.69, 9.17) is 0 Å². The Kier molecular flexibility index (Phi) is 12.5. The molecular formula is C72H78BN3. The summed E-state index contributed by atoms with van der Waals surface area (Å²) < 4.78 is 0. The van der Waals surface area contributed by atoms with Crippen LogP contribution in [-0.4, -0.2) is 6.71 Å². The van der Waals surface area contributed by atoms with Gasteiger partial charge in [-0.2, -0.15) is 0 Å². The average molecular weight is 996 g/mol. The van der Waals surface area contributed by atoms with Crippen LogP contribution < -0.4 is 31.1 Å². The summed E-state index contributed by atoms with van der Waals surface area (Å²) in [7, 11) is 0. The van der Waals surface area contributed by atoms with E-state index in [1.54, 1.807) is 66.8 Å². The smallest absolute Gasteiger partial charge is 0.252 e. The SMILES string of the molecule is c1cc2c(cc1N(c1ccc3c(c1)CCCCC3)c1cc3c4c(c1)N(c1ccc5c(c1)CCCCC5)c1cc5c(cc1B4c1cc4c(cc1N3c1ccc3c(c1)CCCCC3)CCCCC4)CCCCC5)CCCCC2. The first kappa shape index (κ1) is 47.2. The highest BCUT2D eigenvalue weighted by atomic mass is 15.2. The Morgan fingerprint density at radius 1 is 0.250 bits per heavy atom. The van der Waals surface area contributed by atoms with Crippen molar-refractivity contribution in [1.82, 2.24) is 0 Å². The van der Waals surface area contributed by atoms with Crippen LogP contribution in [0.25, 0.3) is 0 Å². The summed E-state index contributed by atoms with van der Waals surface area (Å²) in [6.45, 7) is 0.119. The molecule has 0 saturated carbocycles. The van der Waals surface area contributed by atoms with Gasteiger partial charge in [-0.15, -0.1) is 0 Å². The van der Waals surface area contributed by atoms with Gasteiger partial charge in [0.1, 0.15) is 0 Å². The summed E-state index contributed by atoms with van der Waals surface area (Å²) in [5.74, 6) is 0. The molecule has 15 rings (SSSR count). The topological polar surface area (TPSA) is 9.72 Å². The zero-order chi connectivity index (χ0) is 50.1. The van der Waals surface area contributed by atoms with Gasteiger partial charge in [0.2, 0.25) is 0 Å². The van der Waals surface area contributed by atoms with Crippen molar-refractivity contribution in [2.75, 3.05) is 14.7 Å². The molecule has 76 heavy (non-hydrogen) atoms. The van der Waals surface area contributed by atoms with Crippen LogP contribution in [-0.2, 0) is 77.0 Å². The number of nitrogens with zero attached hydrogens (tertiary/aromatic N) is 3. The Bertz CT molecular complexity index is 3180. The van der Waals surface area contributed by atoms with Crippen LogP contribution in [0, 0.1) is 0 Å². The molecule has 0 saturated heterocycles. The number of rotatable bonds is 5. The summed E-state index contributed by atoms with van der Waals surface area (Å²) in [4.78, 5) is 8.33. The molecular weight excluding hydrogens is 918 g/mol. The predicted octanol–water partition coefficient (Wildman–Crippen LogP) is 16.9. The van der Waals surface area contributed by atoms with E-state index in [0.29, 0.717) is 0 Å². The Labute approximate surface area is 455 Å². The van der Waals surface area contributed by atoms with Crippen LogP contribution >= 0.6 is 0 Å². The minimum atomic E-state index is 0.119. The molecule has 0 amide bonds. The van der Waals surface area contributed by atoms with Crippen LogP contribution in [0.3, 0.4) is 0 Å². The zero-order valence-corrected chi connectivity index (χ0v) is 45.5. The molecule has 3 nitrogen and oxygen atoms in total. The standard InChI is InChI=1S/C72H78BN3/c1-7-19-49-31-35-61(39-53(49)23-11-1)74(62-36-32-50-20-8-2-12-24-54(50)40-62)65-47-70-72-71(48-65)76(64-38-34-52-22-10-4-14-26-56(52)42-64)69-46-60-30-18-6-16-28-58(60)44-67(69)73(72)66-43-57-27-15-5-17-29-59(57)45-68(66)75(70)63-37-33-51-21-9-3-13-25-55(51)41-63/h31-48H,1-30H2. The molecule has 8 aliphatic rings. The van der Waals surface area contributed by atoms with Crippen LogP contribution in [0.15, 0.2) is 109 Å². The minimum absolute atomic E-state index is 0.119. The fourth-order valence-corrected chi connectivity index (χ4v) is 16.1. The van der Waals surface area contributed by atoms with Gasteiger partial charge in [-0.25, -0.2) is 0 Å². The summed E-state index contributed by atoms with van der Waals surface area (Å²) in [6.07, 6.45) is 37.5. The summed E-state index contributed by atoms with van der Waals surface area (Å²) >= 11 is 0. The maximum absolute atomic E-state index is 2.81. The van der Waals surface area contributed by atoms with Crippen molar-refractivity contribution < 1.29 is 0 Å². The van der Waals surface area contributed by atoms with Crippen LogP contribution in [0.5, 0.6) is 0 Å². The van der Waals surface area contributed by atoms with E-state index >= 15 is 0 Å². The third kappa shape index (κ3) is 8.46. The van der Waals surface area contributed by atoms with Gasteiger partial charge < -0.3 is 14.7 Å². The zero-order valence-electron chi connectivity index (χ0n) is 45.5. The van der Waals surface area contributed by atoms with E-state index in [1.807, 2.05) is 0 Å². The van der Waals surface area contributed by atoms with Crippen LogP contribution in [0.1, 0.15) is 182 Å². The number of anilines is 9. The van der Waals surface area contributed by atoms with E-state index in [-0.39, 0.29) is 6.71 Å². The molecule has 0 fully saturated rings. The Morgan fingerprint density at radius 2 is 0.553 bits per heavy atom. The number of benzene rings is 7. The lowest BCUT2D eigenvalue weighted by Crippen LogP contribution is -2.61. The van der Waals surface area contributed by atoms with Gasteiger partial charge in [0.15, 0.2) is 0 Å². The van der Waals surface area contributed by atoms with E-state index in [9.17, 15) is 0 Å². The van der Waals surface area contributed by atoms with Crippen molar-refractivity contribution in [3.8, 4) is 0 Å². The first-order valence-electron chi connectivity index (χ1n) is 31.0. The quantitative estimate of drug-likeness (QED) is 0.126. The number of aryl methyl sites for hydroxylation is 12. The Morgan fingerprint density at radius 3 is 0.921 bits per heavy atom. The van der Waals surface area contributed by atoms with Gasteiger partial charge in [0, 0.05) is 45.5 Å². The highest BCUT2D eigenvalue weighted by molar-refractivity contribution is 7.00. The molecule has 0 bridgehead atoms. The lowest BCUT2D eigenvalue weighted by molar-refractivity contribution is 0.711. The third-order valence-corrected chi connectivity index (χ3v) is 20.1. The molecule has 0 N–H and O–H groups in total. The van der Waals surface area contributed by atoms with Crippen molar-refractivity contribution in [2.24, 2.45) is 0 Å². The first-order chi connectivity index (χ1) is 37.7. The lowest BCUT2D eigenvalue weighted by atomic mass is 9.33. The first-order valence-corrected chi connectivity index (χ1v) is 31.0. The second-order valence-corrected chi connectivity index (χ2v) is 24.9. The van der Waals surface area contributed by atoms with E-state index in [0.717, 1.165) is 0 Å². The number of hydrogen-bond donors (Lipinski definition) is 0. The maximum Gasteiger partial charge on any atom is 0.252 e. The van der Waals surface area contributed by atoms with Gasteiger partial charge in [0.05, 0.1) is 5.69 Å². The molecule has 0 radical (unpaired) electrons. The molecule has 0 aromatic heterocycles. The number of fused-ring (bicyclic) bond motifs is 10. The van der Waals surface area contributed by atoms with Crippen molar-refractivity contribution in [3.05, 3.63) is 176 Å². The number of hydrogen-bond acceptors (Lipinski definition) is 3. The molecule has 384 valence electrons. The minimum Gasteiger partial charge on any atom is -0.311 e. The van der Waals surface area contributed by atoms with Crippen LogP contribution in [0.4, 0.5) is 51.2 Å². The van der Waals surface area contributed by atoms with Crippen LogP contribution in [0.2, 0.25) is 0 Å². The predicted molar refractivity (Wildman–Crippen MR) is 323 cm³/mol. The molecule has 2 heterocycles. The van der Waals surface area contributed by atoms with E-state index in [2.05, 4.69) is 124 Å². The second kappa shape index (κ2) is 20.1. The summed E-state index contributed by atoms with van der Waals surface area (Å²) in [5.41, 5.74) is 35.4. The fraction of sp³-hybridized carbons (Fsp3) is 0.417. The average Bonchev–Trinajstić information content (AvgIpc) is 4.17. The molecule has 0 atom stereocenters. The Hall–Kier alpha value is -6.00. The molecule has 7 aromatic rings. The maximum atomic E-state index is 2.81. The largest absolute Gasteiger partial charge is 0.311 e. The summed E-state index contributed by atoms with van der Waals surface area (Å²) in [6, 6.07) is 47.0. The van der Waals surface area contributed by atoms with Gasteiger partial charge in [-0.3, -0.25) is 0 Å². The highest BCUT2D eigenvalue weighted by Gasteiger charge is 2.45. The van der Waals surface area contributed by atoms with Crippen molar-refractivity contribution in [3.63, 3.8) is 0 Å². The van der Waals surface area contributed by atoms with Gasteiger partial charge in [-0.1, -0.05) is 74.9 Å². The van der Waals surface area contributed by atoms with Gasteiger partial charge >= 0.3 is 0 Å². The monoisotopic (exact) mass is 996 g/mol. The van der Waals surface area contributed by atoms with E-state index < -0.39 is 0 Å². The third-order valence-electron chi connectivity index (χ3n) is 20.1. The molecule has 6 aliphatic carbocycles. The molecule has 0 spiro atoms. The summed E-state index contributed by atoms with van der Waals surface area (Å²) in [5, 5.41) is 0. The fourth-order valence-electron chi connectivity index (χ4n) is 16.1. The van der Waals surface area contributed by atoms with Crippen molar-refractivity contribution in [1.29, 1.82) is 0 Å². The second-order valence-electron chi connectivity index (χ2n) is 24.9. The van der Waals surface area contributed by atoms with Crippen molar-refractivity contribution in [2.45, 2.75) is 193 Å². The molecule has 2 aliphatic heterocycles. The van der Waals surface area contributed by atoms with Gasteiger partial charge in [-0.05, 0) is 310 Å². The molecule has 0 unspecified atom stereocenters. The normalized spacial score (nSPS) is 18.7. The van der Waals surface area contributed by atoms with E-state index in [1.165, 1.54) is 260 Å². The van der Waals surface area contributed by atoms with Gasteiger partial charge in [0.25, 0.3) is 6.71 Å². The lowest BCUT2D eigenvalue weighted by Gasteiger charge is -2.46. The van der Waals surface area contributed by atoms with Crippen molar-refractivity contribution >= 4 is 74.3 Å². The molecule has 7 aromatic carbocycles.